The molecule has 10 nitrogen and oxygen atoms in total. The molecule has 3 aromatic heterocycles. The summed E-state index contributed by atoms with van der Waals surface area (Å²) in [5, 5.41) is 11.5. The van der Waals surface area contributed by atoms with Crippen LogP contribution in [0.4, 0.5) is 0 Å². The molecule has 0 spiro atoms. The average molecular weight is 398 g/mol. The monoisotopic (exact) mass is 398 g/mol. The molecule has 0 saturated carbocycles. The Labute approximate surface area is 168 Å². The normalized spacial score (nSPS) is 11.4. The van der Waals surface area contributed by atoms with Crippen molar-refractivity contribution in [2.75, 3.05) is 26.2 Å². The van der Waals surface area contributed by atoms with Crippen LogP contribution in [0.25, 0.3) is 11.2 Å². The first kappa shape index (κ1) is 20.7. The Morgan fingerprint density at radius 1 is 1.17 bits per heavy atom. The second-order valence-electron chi connectivity index (χ2n) is 6.70. The van der Waals surface area contributed by atoms with Crippen LogP contribution in [0, 0.1) is 0 Å². The van der Waals surface area contributed by atoms with Crippen LogP contribution in [0.5, 0.6) is 0 Å². The molecule has 0 aromatic carbocycles. The summed E-state index contributed by atoms with van der Waals surface area (Å²) < 4.78 is 2.44. The van der Waals surface area contributed by atoms with Crippen molar-refractivity contribution < 1.29 is 0 Å². The van der Waals surface area contributed by atoms with E-state index in [1.807, 2.05) is 6.07 Å². The Balaban J connectivity index is 1.86. The second kappa shape index (κ2) is 9.48. The highest BCUT2D eigenvalue weighted by molar-refractivity contribution is 5.68. The lowest BCUT2D eigenvalue weighted by molar-refractivity contribution is 0.301. The van der Waals surface area contributed by atoms with Gasteiger partial charge >= 0.3 is 5.69 Å². The van der Waals surface area contributed by atoms with Crippen molar-refractivity contribution in [1.29, 1.82) is 0 Å². The van der Waals surface area contributed by atoms with Gasteiger partial charge in [-0.3, -0.25) is 18.9 Å². The van der Waals surface area contributed by atoms with E-state index in [9.17, 15) is 9.59 Å². The second-order valence-corrected chi connectivity index (χ2v) is 6.70. The van der Waals surface area contributed by atoms with E-state index in [1.54, 1.807) is 18.5 Å². The van der Waals surface area contributed by atoms with Crippen LogP contribution in [0.2, 0.25) is 0 Å². The quantitative estimate of drug-likeness (QED) is 0.492. The van der Waals surface area contributed by atoms with E-state index in [0.717, 1.165) is 36.3 Å². The molecular weight excluding hydrogens is 372 g/mol. The fourth-order valence-electron chi connectivity index (χ4n) is 3.07. The minimum Gasteiger partial charge on any atom is -0.308 e. The Kier molecular flexibility index (Phi) is 6.78. The number of nitrogens with zero attached hydrogens (tertiary/aromatic N) is 7. The molecule has 3 heterocycles. The topological polar surface area (TPSA) is 111 Å². The van der Waals surface area contributed by atoms with Crippen molar-refractivity contribution in [2.24, 2.45) is 7.05 Å². The summed E-state index contributed by atoms with van der Waals surface area (Å²) in [6, 6.07) is 3.64. The minimum absolute atomic E-state index is 0.131. The Hall–Kier alpha value is -2.98. The van der Waals surface area contributed by atoms with Gasteiger partial charge in [0.05, 0.1) is 13.1 Å². The molecule has 0 aliphatic rings. The van der Waals surface area contributed by atoms with Gasteiger partial charge in [0, 0.05) is 32.5 Å². The van der Waals surface area contributed by atoms with Crippen molar-refractivity contribution in [2.45, 2.75) is 26.9 Å². The summed E-state index contributed by atoms with van der Waals surface area (Å²) in [7, 11) is 1.44. The van der Waals surface area contributed by atoms with Crippen LogP contribution in [-0.2, 0) is 20.1 Å². The van der Waals surface area contributed by atoms with E-state index >= 15 is 0 Å². The van der Waals surface area contributed by atoms with Gasteiger partial charge in [-0.05, 0) is 24.7 Å². The van der Waals surface area contributed by atoms with Gasteiger partial charge in [-0.15, -0.1) is 10.2 Å². The third kappa shape index (κ3) is 4.72. The Morgan fingerprint density at radius 2 is 1.97 bits per heavy atom. The van der Waals surface area contributed by atoms with Crippen molar-refractivity contribution >= 4 is 11.2 Å². The SMILES string of the molecule is CCN(CC)CCNCc1nnc2c(n1)c(=O)n(C)c(=O)n2Cc1cccnc1. The van der Waals surface area contributed by atoms with Crippen LogP contribution in [0.1, 0.15) is 25.2 Å². The van der Waals surface area contributed by atoms with Gasteiger partial charge in [-0.25, -0.2) is 9.78 Å². The molecule has 3 rings (SSSR count). The van der Waals surface area contributed by atoms with Crippen LogP contribution in [-0.4, -0.2) is 60.4 Å². The summed E-state index contributed by atoms with van der Waals surface area (Å²) in [6.45, 7) is 8.57. The summed E-state index contributed by atoms with van der Waals surface area (Å²) in [4.78, 5) is 35.9. The lowest BCUT2D eigenvalue weighted by Crippen LogP contribution is -2.39. The molecule has 0 atom stereocenters. The maximum absolute atomic E-state index is 12.6. The van der Waals surface area contributed by atoms with Crippen molar-refractivity contribution in [3.8, 4) is 0 Å². The lowest BCUT2D eigenvalue weighted by atomic mass is 10.3. The molecule has 0 bridgehead atoms. The summed E-state index contributed by atoms with van der Waals surface area (Å²) in [5.41, 5.74) is 0.179. The molecule has 154 valence electrons. The first-order valence-corrected chi connectivity index (χ1v) is 9.70. The third-order valence-electron chi connectivity index (χ3n) is 4.84. The maximum atomic E-state index is 12.6. The van der Waals surface area contributed by atoms with Crippen LogP contribution in [0.3, 0.4) is 0 Å². The molecule has 0 fully saturated rings. The summed E-state index contributed by atoms with van der Waals surface area (Å²) in [6.07, 6.45) is 3.32. The molecule has 0 amide bonds. The number of pyridine rings is 1. The van der Waals surface area contributed by atoms with Gasteiger partial charge in [0.2, 0.25) is 0 Å². The fourth-order valence-corrected chi connectivity index (χ4v) is 3.07. The molecule has 0 aliphatic heterocycles. The lowest BCUT2D eigenvalue weighted by Gasteiger charge is -2.17. The molecule has 0 radical (unpaired) electrons. The van der Waals surface area contributed by atoms with Gasteiger partial charge in [-0.1, -0.05) is 19.9 Å². The van der Waals surface area contributed by atoms with Crippen molar-refractivity contribution in [1.82, 2.24) is 39.5 Å². The predicted molar refractivity (Wildman–Crippen MR) is 110 cm³/mol. The average Bonchev–Trinajstić information content (AvgIpc) is 2.76. The predicted octanol–water partition coefficient (Wildman–Crippen LogP) is -0.240. The summed E-state index contributed by atoms with van der Waals surface area (Å²) >= 11 is 0. The zero-order chi connectivity index (χ0) is 20.8. The number of likely N-dealkylation sites (N-methyl/N-ethyl adjacent to an activating group) is 1. The molecule has 0 saturated heterocycles. The van der Waals surface area contributed by atoms with E-state index in [1.165, 1.54) is 11.6 Å². The van der Waals surface area contributed by atoms with E-state index in [-0.39, 0.29) is 17.7 Å². The third-order valence-corrected chi connectivity index (χ3v) is 4.84. The molecule has 0 aliphatic carbocycles. The van der Waals surface area contributed by atoms with Crippen LogP contribution >= 0.6 is 0 Å². The Bertz CT molecular complexity index is 1070. The number of hydrogen-bond acceptors (Lipinski definition) is 8. The van der Waals surface area contributed by atoms with E-state index in [0.29, 0.717) is 12.4 Å². The van der Waals surface area contributed by atoms with Crippen molar-refractivity contribution in [3.63, 3.8) is 0 Å². The van der Waals surface area contributed by atoms with Gasteiger partial charge in [0.25, 0.3) is 5.56 Å². The van der Waals surface area contributed by atoms with E-state index in [2.05, 4.69) is 44.2 Å². The van der Waals surface area contributed by atoms with E-state index in [4.69, 9.17) is 0 Å². The molecular formula is C19H26N8O2. The van der Waals surface area contributed by atoms with Crippen molar-refractivity contribution in [3.05, 3.63) is 56.8 Å². The zero-order valence-electron chi connectivity index (χ0n) is 17.0. The number of hydrogen-bond donors (Lipinski definition) is 1. The van der Waals surface area contributed by atoms with Gasteiger partial charge in [0.15, 0.2) is 17.0 Å². The molecule has 1 N–H and O–H groups in total. The number of fused-ring (bicyclic) bond motifs is 1. The first-order chi connectivity index (χ1) is 14.0. The first-order valence-electron chi connectivity index (χ1n) is 9.70. The number of nitrogens with one attached hydrogen (secondary N) is 1. The molecule has 29 heavy (non-hydrogen) atoms. The van der Waals surface area contributed by atoms with Gasteiger partial charge in [-0.2, -0.15) is 0 Å². The molecule has 10 heteroatoms. The van der Waals surface area contributed by atoms with Crippen LogP contribution in [0.15, 0.2) is 34.1 Å². The zero-order valence-corrected chi connectivity index (χ0v) is 17.0. The largest absolute Gasteiger partial charge is 0.332 e. The highest BCUT2D eigenvalue weighted by Gasteiger charge is 2.15. The highest BCUT2D eigenvalue weighted by Crippen LogP contribution is 2.05. The molecule has 0 unspecified atom stereocenters. The van der Waals surface area contributed by atoms with E-state index < -0.39 is 11.2 Å². The van der Waals surface area contributed by atoms with Crippen LogP contribution < -0.4 is 16.6 Å². The number of rotatable bonds is 9. The molecule has 3 aromatic rings. The number of aromatic nitrogens is 6. The summed E-state index contributed by atoms with van der Waals surface area (Å²) in [5.74, 6) is 0.417. The smallest absolute Gasteiger partial charge is 0.308 e. The van der Waals surface area contributed by atoms with Gasteiger partial charge < -0.3 is 10.2 Å². The Morgan fingerprint density at radius 3 is 2.66 bits per heavy atom. The van der Waals surface area contributed by atoms with Gasteiger partial charge in [0.1, 0.15) is 0 Å². The maximum Gasteiger partial charge on any atom is 0.332 e. The minimum atomic E-state index is -0.480. The highest BCUT2D eigenvalue weighted by atomic mass is 16.2. The fraction of sp³-hybridized carbons (Fsp3) is 0.474. The standard InChI is InChI=1S/C19H26N8O2/c1-4-26(5-2)10-9-21-12-15-22-16-17(24-23-15)27(19(29)25(3)18(16)28)13-14-7-6-8-20-11-14/h6-8,11,21H,4-5,9-10,12-13H2,1-3H3.